The van der Waals surface area contributed by atoms with Gasteiger partial charge in [0.25, 0.3) is 0 Å². The Morgan fingerprint density at radius 2 is 2.18 bits per heavy atom. The third kappa shape index (κ3) is 1.76. The quantitative estimate of drug-likeness (QED) is 0.771. The van der Waals surface area contributed by atoms with Gasteiger partial charge in [0, 0.05) is 12.4 Å². The van der Waals surface area contributed by atoms with Crippen molar-refractivity contribution in [3.63, 3.8) is 0 Å². The monoisotopic (exact) mass is 231 g/mol. The Kier molecular flexibility index (Phi) is 2.48. The molecule has 1 saturated heterocycles. The highest BCUT2D eigenvalue weighted by Crippen LogP contribution is 2.25. The minimum Gasteiger partial charge on any atom is -0.394 e. The van der Waals surface area contributed by atoms with Crippen LogP contribution in [0, 0.1) is 6.92 Å². The van der Waals surface area contributed by atoms with E-state index in [1.165, 1.54) is 18.4 Å². The number of aryl methyl sites for hydroxylation is 1. The summed E-state index contributed by atoms with van der Waals surface area (Å²) in [6.45, 7) is 4.08. The van der Waals surface area contributed by atoms with Crippen molar-refractivity contribution >= 4 is 11.3 Å². The van der Waals surface area contributed by atoms with Crippen molar-refractivity contribution in [1.82, 2.24) is 19.9 Å². The first-order valence-electron chi connectivity index (χ1n) is 6.07. The molecule has 0 atom stereocenters. The second-order valence-corrected chi connectivity index (χ2v) is 4.68. The topological polar surface area (TPSA) is 68.2 Å². The second kappa shape index (κ2) is 4.00. The number of piperidine rings is 1. The zero-order valence-electron chi connectivity index (χ0n) is 9.98. The van der Waals surface area contributed by atoms with Crippen molar-refractivity contribution in [2.75, 3.05) is 18.8 Å². The molecule has 0 aliphatic carbocycles. The summed E-state index contributed by atoms with van der Waals surface area (Å²) in [6.07, 6.45) is 6.36. The van der Waals surface area contributed by atoms with Crippen molar-refractivity contribution in [3.05, 3.63) is 23.7 Å². The van der Waals surface area contributed by atoms with Crippen molar-refractivity contribution in [2.24, 2.45) is 0 Å². The highest BCUT2D eigenvalue weighted by atomic mass is 15.3. The van der Waals surface area contributed by atoms with Gasteiger partial charge in [0.05, 0.1) is 5.69 Å². The fourth-order valence-electron chi connectivity index (χ4n) is 2.44. The molecule has 90 valence electrons. The maximum atomic E-state index is 5.91. The van der Waals surface area contributed by atoms with Crippen LogP contribution in [0.15, 0.2) is 12.4 Å². The average molecular weight is 231 g/mol. The molecule has 0 aromatic carbocycles. The van der Waals surface area contributed by atoms with Gasteiger partial charge in [-0.1, -0.05) is 0 Å². The molecule has 0 unspecified atom stereocenters. The second-order valence-electron chi connectivity index (χ2n) is 4.68. The molecule has 0 spiro atoms. The number of nitrogens with two attached hydrogens (primary N) is 1. The molecule has 1 fully saturated rings. The van der Waals surface area contributed by atoms with Crippen molar-refractivity contribution in [3.8, 4) is 0 Å². The molecule has 5 nitrogen and oxygen atoms in total. The lowest BCUT2D eigenvalue weighted by Crippen LogP contribution is -2.26. The number of fused-ring (bicyclic) bond motifs is 1. The predicted octanol–water partition coefficient (Wildman–Crippen LogP) is 1.09. The summed E-state index contributed by atoms with van der Waals surface area (Å²) < 4.78 is 1.81. The number of hydrogen-bond acceptors (Lipinski definition) is 4. The summed E-state index contributed by atoms with van der Waals surface area (Å²) in [5.41, 5.74) is 9.47. The third-order valence-corrected chi connectivity index (χ3v) is 3.52. The largest absolute Gasteiger partial charge is 0.394 e. The number of nitrogens with one attached hydrogen (secondary N) is 1. The van der Waals surface area contributed by atoms with E-state index in [-0.39, 0.29) is 0 Å². The summed E-state index contributed by atoms with van der Waals surface area (Å²) in [4.78, 5) is 4.43. The Hall–Kier alpha value is -1.62. The van der Waals surface area contributed by atoms with Crippen LogP contribution < -0.4 is 11.1 Å². The Morgan fingerprint density at radius 3 is 2.94 bits per heavy atom. The highest BCUT2D eigenvalue weighted by Gasteiger charge is 2.17. The standard InChI is InChI=1S/C12H17N5/c1-8-11(13)12-15-6-10(7-17(12)16-8)9-2-4-14-5-3-9/h6-7,9,14H,2-5,13H2,1H3. The van der Waals surface area contributed by atoms with E-state index in [1.807, 2.05) is 17.6 Å². The molecular formula is C12H17N5. The lowest BCUT2D eigenvalue weighted by atomic mass is 9.92. The molecule has 3 N–H and O–H groups in total. The van der Waals surface area contributed by atoms with Crippen LogP contribution in [0.25, 0.3) is 5.65 Å². The number of aromatic nitrogens is 3. The van der Waals surface area contributed by atoms with E-state index in [9.17, 15) is 0 Å². The Morgan fingerprint density at radius 1 is 1.41 bits per heavy atom. The minimum atomic E-state index is 0.596. The fraction of sp³-hybridized carbons (Fsp3) is 0.500. The number of nitrogen functional groups attached to an aromatic ring is 1. The molecule has 3 rings (SSSR count). The summed E-state index contributed by atoms with van der Waals surface area (Å²) in [7, 11) is 0. The van der Waals surface area contributed by atoms with E-state index in [0.29, 0.717) is 11.6 Å². The number of hydrogen-bond donors (Lipinski definition) is 2. The van der Waals surface area contributed by atoms with Crippen LogP contribution in [0.3, 0.4) is 0 Å². The highest BCUT2D eigenvalue weighted by molar-refractivity contribution is 5.66. The van der Waals surface area contributed by atoms with Crippen LogP contribution in [0.4, 0.5) is 5.69 Å². The lowest BCUT2D eigenvalue weighted by Gasteiger charge is -2.22. The summed E-state index contributed by atoms with van der Waals surface area (Å²) in [5.74, 6) is 0.596. The normalized spacial score (nSPS) is 17.7. The van der Waals surface area contributed by atoms with Gasteiger partial charge >= 0.3 is 0 Å². The Balaban J connectivity index is 2.01. The van der Waals surface area contributed by atoms with Gasteiger partial charge in [-0.25, -0.2) is 9.50 Å². The molecule has 17 heavy (non-hydrogen) atoms. The minimum absolute atomic E-state index is 0.596. The first kappa shape index (κ1) is 10.5. The van der Waals surface area contributed by atoms with Crippen LogP contribution in [-0.2, 0) is 0 Å². The smallest absolute Gasteiger partial charge is 0.178 e. The molecule has 1 aliphatic heterocycles. The molecule has 1 aliphatic rings. The van der Waals surface area contributed by atoms with Crippen LogP contribution in [0.5, 0.6) is 0 Å². The zero-order valence-corrected chi connectivity index (χ0v) is 9.98. The Bertz CT molecular complexity index is 539. The number of rotatable bonds is 1. The summed E-state index contributed by atoms with van der Waals surface area (Å²) >= 11 is 0. The first-order valence-corrected chi connectivity index (χ1v) is 6.07. The van der Waals surface area contributed by atoms with Crippen molar-refractivity contribution < 1.29 is 0 Å². The molecule has 0 bridgehead atoms. The lowest BCUT2D eigenvalue weighted by molar-refractivity contribution is 0.458. The average Bonchev–Trinajstić information content (AvgIpc) is 2.66. The molecule has 3 heterocycles. The molecule has 2 aromatic rings. The van der Waals surface area contributed by atoms with Crippen LogP contribution in [0.1, 0.15) is 30.0 Å². The summed E-state index contributed by atoms with van der Waals surface area (Å²) in [6, 6.07) is 0. The molecule has 0 radical (unpaired) electrons. The predicted molar refractivity (Wildman–Crippen MR) is 67.0 cm³/mol. The van der Waals surface area contributed by atoms with Crippen molar-refractivity contribution in [2.45, 2.75) is 25.7 Å². The van der Waals surface area contributed by atoms with Crippen molar-refractivity contribution in [1.29, 1.82) is 0 Å². The maximum absolute atomic E-state index is 5.91. The zero-order chi connectivity index (χ0) is 11.8. The molecule has 5 heteroatoms. The molecular weight excluding hydrogens is 214 g/mol. The number of nitrogens with zero attached hydrogens (tertiary/aromatic N) is 3. The summed E-state index contributed by atoms with van der Waals surface area (Å²) in [5, 5.41) is 7.75. The van der Waals surface area contributed by atoms with E-state index >= 15 is 0 Å². The fourth-order valence-corrected chi connectivity index (χ4v) is 2.44. The van der Waals surface area contributed by atoms with Crippen LogP contribution in [-0.4, -0.2) is 27.7 Å². The van der Waals surface area contributed by atoms with Gasteiger partial charge in [-0.2, -0.15) is 5.10 Å². The molecule has 2 aromatic heterocycles. The van der Waals surface area contributed by atoms with E-state index in [0.717, 1.165) is 24.4 Å². The van der Waals surface area contributed by atoms with Crippen LogP contribution in [0.2, 0.25) is 0 Å². The SMILES string of the molecule is Cc1nn2cc(C3CCNCC3)cnc2c1N. The van der Waals surface area contributed by atoms with Gasteiger partial charge in [0.15, 0.2) is 5.65 Å². The maximum Gasteiger partial charge on any atom is 0.178 e. The molecule has 0 amide bonds. The van der Waals surface area contributed by atoms with E-state index < -0.39 is 0 Å². The van der Waals surface area contributed by atoms with Gasteiger partial charge < -0.3 is 11.1 Å². The van der Waals surface area contributed by atoms with E-state index in [4.69, 9.17) is 5.73 Å². The van der Waals surface area contributed by atoms with Gasteiger partial charge in [-0.15, -0.1) is 0 Å². The molecule has 0 saturated carbocycles. The van der Waals surface area contributed by atoms with E-state index in [2.05, 4.69) is 21.6 Å². The van der Waals surface area contributed by atoms with Gasteiger partial charge in [0.1, 0.15) is 5.69 Å². The Labute approximate surface area is 100 Å². The van der Waals surface area contributed by atoms with Gasteiger partial charge in [-0.3, -0.25) is 0 Å². The third-order valence-electron chi connectivity index (χ3n) is 3.52. The van der Waals surface area contributed by atoms with Crippen LogP contribution >= 0.6 is 0 Å². The van der Waals surface area contributed by atoms with Gasteiger partial charge in [0.2, 0.25) is 0 Å². The van der Waals surface area contributed by atoms with Gasteiger partial charge in [-0.05, 0) is 44.3 Å². The first-order chi connectivity index (χ1) is 8.25. The van der Waals surface area contributed by atoms with E-state index in [1.54, 1.807) is 0 Å². The number of anilines is 1.